The zero-order valence-electron chi connectivity index (χ0n) is 14.9. The summed E-state index contributed by atoms with van der Waals surface area (Å²) in [5, 5.41) is 6.84. The van der Waals surface area contributed by atoms with Gasteiger partial charge in [-0.3, -0.25) is 4.98 Å². The van der Waals surface area contributed by atoms with Gasteiger partial charge in [0.2, 0.25) is 5.88 Å². The third-order valence-corrected chi connectivity index (χ3v) is 4.78. The molecule has 2 aromatic carbocycles. The highest BCUT2D eigenvalue weighted by Gasteiger charge is 2.15. The van der Waals surface area contributed by atoms with Crippen LogP contribution in [0.1, 0.15) is 5.56 Å². The van der Waals surface area contributed by atoms with E-state index in [0.717, 1.165) is 22.2 Å². The molecule has 6 nitrogen and oxygen atoms in total. The van der Waals surface area contributed by atoms with Crippen LogP contribution >= 0.6 is 11.6 Å². The summed E-state index contributed by atoms with van der Waals surface area (Å²) in [5.41, 5.74) is 3.27. The molecule has 5 aromatic rings. The van der Waals surface area contributed by atoms with Crippen LogP contribution in [0.2, 0.25) is 5.02 Å². The molecule has 0 amide bonds. The first-order valence-electron chi connectivity index (χ1n) is 8.67. The quantitative estimate of drug-likeness (QED) is 0.430. The second-order valence-corrected chi connectivity index (χ2v) is 6.77. The van der Waals surface area contributed by atoms with Gasteiger partial charge in [-0.1, -0.05) is 29.8 Å². The lowest BCUT2D eigenvalue weighted by molar-refractivity contribution is 0.469. The van der Waals surface area contributed by atoms with Crippen LogP contribution in [0.4, 0.5) is 0 Å². The van der Waals surface area contributed by atoms with Crippen LogP contribution in [0.5, 0.6) is 11.6 Å². The summed E-state index contributed by atoms with van der Waals surface area (Å²) in [6, 6.07) is 15.3. The number of pyridine rings is 1. The molecule has 136 valence electrons. The number of rotatable bonds is 3. The molecular formula is C21H14ClN5O. The van der Waals surface area contributed by atoms with Crippen LogP contribution in [0, 0.1) is 6.92 Å². The molecule has 0 bridgehead atoms. The molecule has 0 atom stereocenters. The summed E-state index contributed by atoms with van der Waals surface area (Å²) >= 11 is 5.99. The molecule has 0 aliphatic carbocycles. The average Bonchev–Trinajstić information content (AvgIpc) is 3.16. The summed E-state index contributed by atoms with van der Waals surface area (Å²) in [5.74, 6) is 1.11. The minimum Gasteiger partial charge on any atom is -0.436 e. The number of nitrogens with zero attached hydrogens (tertiary/aromatic N) is 5. The second-order valence-electron chi connectivity index (χ2n) is 6.34. The maximum absolute atomic E-state index is 6.22. The van der Waals surface area contributed by atoms with Crippen LogP contribution < -0.4 is 4.74 Å². The van der Waals surface area contributed by atoms with Gasteiger partial charge < -0.3 is 4.74 Å². The summed E-state index contributed by atoms with van der Waals surface area (Å²) in [6.07, 6.45) is 4.93. The first kappa shape index (κ1) is 16.6. The number of fused-ring (bicyclic) bond motifs is 2. The summed E-state index contributed by atoms with van der Waals surface area (Å²) < 4.78 is 7.95. The lowest BCUT2D eigenvalue weighted by atomic mass is 10.1. The maximum Gasteiger partial charge on any atom is 0.233 e. The van der Waals surface area contributed by atoms with Crippen molar-refractivity contribution in [3.05, 3.63) is 77.8 Å². The molecule has 28 heavy (non-hydrogen) atoms. The van der Waals surface area contributed by atoms with E-state index in [-0.39, 0.29) is 0 Å². The van der Waals surface area contributed by atoms with Crippen molar-refractivity contribution >= 4 is 33.5 Å². The molecule has 0 radical (unpaired) electrons. The largest absolute Gasteiger partial charge is 0.436 e. The van der Waals surface area contributed by atoms with Crippen molar-refractivity contribution in [2.75, 3.05) is 0 Å². The van der Waals surface area contributed by atoms with Crippen LogP contribution in [0.3, 0.4) is 0 Å². The fourth-order valence-electron chi connectivity index (χ4n) is 3.12. The number of ether oxygens (including phenoxy) is 1. The Bertz CT molecular complexity index is 1310. The number of benzene rings is 2. The molecule has 7 heteroatoms. The second kappa shape index (κ2) is 6.58. The van der Waals surface area contributed by atoms with Crippen molar-refractivity contribution in [2.45, 2.75) is 6.92 Å². The highest BCUT2D eigenvalue weighted by molar-refractivity contribution is 6.30. The number of hydrogen-bond donors (Lipinski definition) is 0. The van der Waals surface area contributed by atoms with Gasteiger partial charge in [-0.15, -0.1) is 0 Å². The van der Waals surface area contributed by atoms with Gasteiger partial charge in [0.15, 0.2) is 11.4 Å². The number of halogens is 1. The average molecular weight is 388 g/mol. The predicted octanol–water partition coefficient (Wildman–Crippen LogP) is 5.12. The van der Waals surface area contributed by atoms with Crippen LogP contribution in [0.15, 0.2) is 67.3 Å². The Kier molecular flexibility index (Phi) is 3.91. The van der Waals surface area contributed by atoms with Crippen molar-refractivity contribution in [1.29, 1.82) is 0 Å². The fourth-order valence-corrected chi connectivity index (χ4v) is 3.25. The molecule has 0 aliphatic rings. The highest BCUT2D eigenvalue weighted by Crippen LogP contribution is 2.34. The number of aromatic nitrogens is 5. The standard InChI is InChI=1S/C21H14ClN5O/c1-13-4-5-14-3-2-10-23-18(14)19(13)28-21-17-11-26-27(20(17)24-12-25-21)16-8-6-15(22)7-9-16/h2-12H,1H3. The van der Waals surface area contributed by atoms with Gasteiger partial charge in [-0.05, 0) is 42.8 Å². The summed E-state index contributed by atoms with van der Waals surface area (Å²) in [7, 11) is 0. The van der Waals surface area contributed by atoms with E-state index < -0.39 is 0 Å². The van der Waals surface area contributed by atoms with Crippen molar-refractivity contribution in [3.8, 4) is 17.3 Å². The van der Waals surface area contributed by atoms with E-state index in [9.17, 15) is 0 Å². The molecule has 0 spiro atoms. The van der Waals surface area contributed by atoms with Gasteiger partial charge in [0.1, 0.15) is 17.2 Å². The Labute approximate surface area is 165 Å². The van der Waals surface area contributed by atoms with Crippen LogP contribution in [0.25, 0.3) is 27.6 Å². The van der Waals surface area contributed by atoms with E-state index in [0.29, 0.717) is 27.7 Å². The molecular weight excluding hydrogens is 374 g/mol. The molecule has 0 unspecified atom stereocenters. The first-order valence-corrected chi connectivity index (χ1v) is 9.05. The van der Waals surface area contributed by atoms with E-state index in [4.69, 9.17) is 16.3 Å². The summed E-state index contributed by atoms with van der Waals surface area (Å²) in [6.45, 7) is 1.99. The zero-order valence-corrected chi connectivity index (χ0v) is 15.6. The van der Waals surface area contributed by atoms with Crippen molar-refractivity contribution < 1.29 is 4.74 Å². The van der Waals surface area contributed by atoms with E-state index in [1.807, 2.05) is 55.5 Å². The van der Waals surface area contributed by atoms with Crippen LogP contribution in [-0.4, -0.2) is 24.7 Å². The Hall–Kier alpha value is -3.51. The molecule has 3 aromatic heterocycles. The maximum atomic E-state index is 6.22. The van der Waals surface area contributed by atoms with E-state index in [2.05, 4.69) is 20.1 Å². The normalized spacial score (nSPS) is 11.2. The minimum absolute atomic E-state index is 0.437. The topological polar surface area (TPSA) is 65.7 Å². The molecule has 0 saturated carbocycles. The summed E-state index contributed by atoms with van der Waals surface area (Å²) in [4.78, 5) is 13.2. The zero-order chi connectivity index (χ0) is 19.1. The molecule has 0 saturated heterocycles. The van der Waals surface area contributed by atoms with Gasteiger partial charge in [0.05, 0.1) is 11.9 Å². The van der Waals surface area contributed by atoms with E-state index >= 15 is 0 Å². The minimum atomic E-state index is 0.437. The van der Waals surface area contributed by atoms with Crippen molar-refractivity contribution in [2.24, 2.45) is 0 Å². The Morgan fingerprint density at radius 3 is 2.68 bits per heavy atom. The van der Waals surface area contributed by atoms with E-state index in [1.165, 1.54) is 6.33 Å². The Balaban J connectivity index is 1.64. The molecule has 0 fully saturated rings. The van der Waals surface area contributed by atoms with E-state index in [1.54, 1.807) is 17.1 Å². The highest BCUT2D eigenvalue weighted by atomic mass is 35.5. The molecule has 5 rings (SSSR count). The van der Waals surface area contributed by atoms with Gasteiger partial charge in [-0.25, -0.2) is 14.6 Å². The number of aryl methyl sites for hydroxylation is 1. The fraction of sp³-hybridized carbons (Fsp3) is 0.0476. The molecule has 0 N–H and O–H groups in total. The SMILES string of the molecule is Cc1ccc2cccnc2c1Oc1ncnc2c1cnn2-c1ccc(Cl)cc1. The monoisotopic (exact) mass is 387 g/mol. The Morgan fingerprint density at radius 2 is 1.82 bits per heavy atom. The van der Waals surface area contributed by atoms with Crippen molar-refractivity contribution in [1.82, 2.24) is 24.7 Å². The third-order valence-electron chi connectivity index (χ3n) is 4.52. The van der Waals surface area contributed by atoms with Gasteiger partial charge >= 0.3 is 0 Å². The van der Waals surface area contributed by atoms with Gasteiger partial charge in [-0.2, -0.15) is 5.10 Å². The first-order chi connectivity index (χ1) is 13.7. The molecule has 0 aliphatic heterocycles. The van der Waals surface area contributed by atoms with Gasteiger partial charge in [0, 0.05) is 16.6 Å². The third kappa shape index (κ3) is 2.75. The Morgan fingerprint density at radius 1 is 0.964 bits per heavy atom. The lowest BCUT2D eigenvalue weighted by Crippen LogP contribution is -1.98. The number of hydrogen-bond acceptors (Lipinski definition) is 5. The predicted molar refractivity (Wildman–Crippen MR) is 108 cm³/mol. The van der Waals surface area contributed by atoms with Crippen molar-refractivity contribution in [3.63, 3.8) is 0 Å². The van der Waals surface area contributed by atoms with Crippen LogP contribution in [-0.2, 0) is 0 Å². The van der Waals surface area contributed by atoms with Gasteiger partial charge in [0.25, 0.3) is 0 Å². The smallest absolute Gasteiger partial charge is 0.233 e. The molecule has 3 heterocycles. The lowest BCUT2D eigenvalue weighted by Gasteiger charge is -2.11.